The first-order chi connectivity index (χ1) is 8.36. The Hall–Kier alpha value is -0.830. The second kappa shape index (κ2) is 4.45. The second-order valence-electron chi connectivity index (χ2n) is 5.62. The summed E-state index contributed by atoms with van der Waals surface area (Å²) in [6.07, 6.45) is 13.4. The van der Waals surface area contributed by atoms with Crippen molar-refractivity contribution < 1.29 is 0 Å². The molecule has 1 aromatic rings. The van der Waals surface area contributed by atoms with Crippen molar-refractivity contribution in [1.29, 1.82) is 0 Å². The van der Waals surface area contributed by atoms with Crippen molar-refractivity contribution in [1.82, 2.24) is 14.9 Å². The van der Waals surface area contributed by atoms with Crippen molar-refractivity contribution in [3.63, 3.8) is 0 Å². The minimum atomic E-state index is 0.394. The van der Waals surface area contributed by atoms with E-state index >= 15 is 0 Å². The van der Waals surface area contributed by atoms with Crippen molar-refractivity contribution in [2.75, 3.05) is 6.54 Å². The molecule has 0 spiro atoms. The van der Waals surface area contributed by atoms with Gasteiger partial charge in [-0.15, -0.1) is 0 Å². The van der Waals surface area contributed by atoms with Gasteiger partial charge in [-0.3, -0.25) is 0 Å². The monoisotopic (exact) mass is 233 g/mol. The van der Waals surface area contributed by atoms with Gasteiger partial charge >= 0.3 is 0 Å². The van der Waals surface area contributed by atoms with Gasteiger partial charge in [0.05, 0.1) is 12.0 Å². The highest BCUT2D eigenvalue weighted by Crippen LogP contribution is 2.43. The van der Waals surface area contributed by atoms with Crippen molar-refractivity contribution in [2.24, 2.45) is 0 Å². The predicted octanol–water partition coefficient (Wildman–Crippen LogP) is 2.99. The highest BCUT2D eigenvalue weighted by Gasteiger charge is 2.39. The average molecular weight is 233 g/mol. The topological polar surface area (TPSA) is 29.9 Å². The molecular weight excluding hydrogens is 210 g/mol. The van der Waals surface area contributed by atoms with Gasteiger partial charge in [0.1, 0.15) is 0 Å². The first-order valence-electron chi connectivity index (χ1n) is 7.12. The van der Waals surface area contributed by atoms with Crippen LogP contribution in [-0.4, -0.2) is 16.1 Å². The van der Waals surface area contributed by atoms with Crippen LogP contribution in [0, 0.1) is 0 Å². The zero-order valence-corrected chi connectivity index (χ0v) is 10.8. The summed E-state index contributed by atoms with van der Waals surface area (Å²) in [7, 11) is 0. The quantitative estimate of drug-likeness (QED) is 0.869. The Bertz CT molecular complexity index is 367. The van der Waals surface area contributed by atoms with E-state index < -0.39 is 0 Å². The summed E-state index contributed by atoms with van der Waals surface area (Å²) in [5.74, 6) is 0. The molecule has 2 heterocycles. The van der Waals surface area contributed by atoms with E-state index in [0.717, 1.165) is 6.54 Å². The fourth-order valence-electron chi connectivity index (χ4n) is 3.41. The van der Waals surface area contributed by atoms with E-state index in [-0.39, 0.29) is 0 Å². The zero-order valence-electron chi connectivity index (χ0n) is 10.8. The lowest BCUT2D eigenvalue weighted by molar-refractivity contribution is 0.128. The normalized spacial score (nSPS) is 27.7. The Morgan fingerprint density at radius 3 is 2.88 bits per heavy atom. The summed E-state index contributed by atoms with van der Waals surface area (Å²) < 4.78 is 2.49. The third-order valence-electron chi connectivity index (χ3n) is 4.79. The van der Waals surface area contributed by atoms with Gasteiger partial charge < -0.3 is 9.88 Å². The Morgan fingerprint density at radius 1 is 1.41 bits per heavy atom. The molecule has 3 rings (SSSR count). The van der Waals surface area contributed by atoms with Gasteiger partial charge in [-0.05, 0) is 45.1 Å². The lowest BCUT2D eigenvalue weighted by Gasteiger charge is -2.44. The van der Waals surface area contributed by atoms with E-state index in [1.165, 1.54) is 50.6 Å². The third kappa shape index (κ3) is 1.81. The number of hydrogen-bond acceptors (Lipinski definition) is 2. The molecule has 3 nitrogen and oxygen atoms in total. The molecule has 1 saturated carbocycles. The third-order valence-corrected chi connectivity index (χ3v) is 4.79. The molecule has 1 aromatic heterocycles. The first-order valence-corrected chi connectivity index (χ1v) is 7.12. The van der Waals surface area contributed by atoms with Crippen molar-refractivity contribution >= 4 is 0 Å². The van der Waals surface area contributed by atoms with Gasteiger partial charge in [-0.2, -0.15) is 0 Å². The molecule has 2 fully saturated rings. The van der Waals surface area contributed by atoms with Crippen LogP contribution in [0.2, 0.25) is 0 Å². The first kappa shape index (κ1) is 11.3. The Morgan fingerprint density at radius 2 is 2.29 bits per heavy atom. The highest BCUT2D eigenvalue weighted by molar-refractivity contribution is 5.12. The number of nitrogens with zero attached hydrogens (tertiary/aromatic N) is 2. The van der Waals surface area contributed by atoms with Crippen LogP contribution < -0.4 is 5.32 Å². The summed E-state index contributed by atoms with van der Waals surface area (Å²) in [6, 6.07) is 0.537. The molecule has 17 heavy (non-hydrogen) atoms. The maximum absolute atomic E-state index is 4.42. The van der Waals surface area contributed by atoms with Crippen LogP contribution in [-0.2, 0) is 5.54 Å². The van der Waals surface area contributed by atoms with Gasteiger partial charge in [-0.25, -0.2) is 4.98 Å². The maximum atomic E-state index is 4.42. The largest absolute Gasteiger partial charge is 0.327 e. The fraction of sp³-hybridized carbons (Fsp3) is 0.786. The average Bonchev–Trinajstić information content (AvgIpc) is 2.79. The van der Waals surface area contributed by atoms with E-state index in [9.17, 15) is 0 Å². The lowest BCUT2D eigenvalue weighted by atomic mass is 9.74. The second-order valence-corrected chi connectivity index (χ2v) is 5.62. The molecule has 0 bridgehead atoms. The van der Waals surface area contributed by atoms with Crippen LogP contribution in [0.1, 0.15) is 63.6 Å². The van der Waals surface area contributed by atoms with E-state index in [0.29, 0.717) is 11.6 Å². The van der Waals surface area contributed by atoms with E-state index in [1.807, 2.05) is 0 Å². The van der Waals surface area contributed by atoms with Gasteiger partial charge in [-0.1, -0.05) is 13.3 Å². The summed E-state index contributed by atoms with van der Waals surface area (Å²) in [4.78, 5) is 4.42. The molecule has 1 N–H and O–H groups in total. The smallest absolute Gasteiger partial charge is 0.0953 e. The van der Waals surface area contributed by atoms with E-state index in [1.54, 1.807) is 0 Å². The van der Waals surface area contributed by atoms with Gasteiger partial charge in [0.2, 0.25) is 0 Å². The molecule has 1 atom stereocenters. The maximum Gasteiger partial charge on any atom is 0.0953 e. The minimum Gasteiger partial charge on any atom is -0.327 e. The summed E-state index contributed by atoms with van der Waals surface area (Å²) >= 11 is 0. The molecule has 1 aliphatic heterocycles. The number of nitrogens with one attached hydrogen (secondary N) is 1. The van der Waals surface area contributed by atoms with Crippen LogP contribution in [0.4, 0.5) is 0 Å². The number of aromatic nitrogens is 2. The molecule has 1 saturated heterocycles. The van der Waals surface area contributed by atoms with Crippen molar-refractivity contribution in [2.45, 2.75) is 63.5 Å². The number of piperidine rings is 1. The molecule has 94 valence electrons. The van der Waals surface area contributed by atoms with E-state index in [4.69, 9.17) is 0 Å². The van der Waals surface area contributed by atoms with Crippen LogP contribution >= 0.6 is 0 Å². The highest BCUT2D eigenvalue weighted by atomic mass is 15.2. The number of imidazole rings is 1. The van der Waals surface area contributed by atoms with Gasteiger partial charge in [0.15, 0.2) is 0 Å². The Balaban J connectivity index is 1.87. The van der Waals surface area contributed by atoms with Gasteiger partial charge in [0.25, 0.3) is 0 Å². The summed E-state index contributed by atoms with van der Waals surface area (Å²) in [5, 5.41) is 3.65. The lowest BCUT2D eigenvalue weighted by Crippen LogP contribution is -2.42. The van der Waals surface area contributed by atoms with Crippen LogP contribution in [0.15, 0.2) is 12.5 Å². The van der Waals surface area contributed by atoms with Crippen molar-refractivity contribution in [3.8, 4) is 0 Å². The molecule has 0 amide bonds. The molecule has 2 aliphatic rings. The Kier molecular flexibility index (Phi) is 2.95. The van der Waals surface area contributed by atoms with Crippen LogP contribution in [0.3, 0.4) is 0 Å². The predicted molar refractivity (Wildman–Crippen MR) is 68.9 cm³/mol. The number of hydrogen-bond donors (Lipinski definition) is 1. The van der Waals surface area contributed by atoms with Crippen LogP contribution in [0.5, 0.6) is 0 Å². The molecule has 0 radical (unpaired) electrons. The molecule has 0 aromatic carbocycles. The van der Waals surface area contributed by atoms with E-state index in [2.05, 4.69) is 34.3 Å². The molecule has 1 aliphatic carbocycles. The minimum absolute atomic E-state index is 0.394. The fourth-order valence-corrected chi connectivity index (χ4v) is 3.41. The van der Waals surface area contributed by atoms with Gasteiger partial charge in [0, 0.05) is 17.8 Å². The van der Waals surface area contributed by atoms with Crippen molar-refractivity contribution in [3.05, 3.63) is 18.2 Å². The molecule has 3 heteroatoms. The summed E-state index contributed by atoms with van der Waals surface area (Å²) in [6.45, 7) is 3.48. The summed E-state index contributed by atoms with van der Waals surface area (Å²) in [5.41, 5.74) is 1.82. The number of rotatable bonds is 3. The SMILES string of the molecule is CCC1(n2cncc2C2CCCCN2)CCC1. The standard InChI is InChI=1S/C14H23N3/c1-2-14(7-5-8-14)17-11-15-10-13(17)12-6-3-4-9-16-12/h10-12,16H,2-9H2,1H3. The van der Waals surface area contributed by atoms with Crippen LogP contribution in [0.25, 0.3) is 0 Å². The Labute approximate surface area is 104 Å². The molecular formula is C14H23N3. The molecule has 1 unspecified atom stereocenters. The zero-order chi connectivity index (χ0) is 11.7.